The molecule has 0 amide bonds. The minimum atomic E-state index is -0.560. The van der Waals surface area contributed by atoms with Gasteiger partial charge in [-0.05, 0) is 57.6 Å². The van der Waals surface area contributed by atoms with E-state index in [-0.39, 0.29) is 41.4 Å². The fourth-order valence-electron chi connectivity index (χ4n) is 6.52. The molecule has 1 heterocycles. The van der Waals surface area contributed by atoms with Crippen molar-refractivity contribution in [1.29, 1.82) is 0 Å². The summed E-state index contributed by atoms with van der Waals surface area (Å²) in [6, 6.07) is 0. The molecular weight excluding hydrogens is 396 g/mol. The first-order valence-corrected chi connectivity index (χ1v) is 11.4. The van der Waals surface area contributed by atoms with Gasteiger partial charge in [0.15, 0.2) is 0 Å². The van der Waals surface area contributed by atoms with Crippen LogP contribution in [0.2, 0.25) is 0 Å². The zero-order valence-electron chi connectivity index (χ0n) is 19.8. The van der Waals surface area contributed by atoms with Crippen LogP contribution in [-0.2, 0) is 28.5 Å². The Morgan fingerprint density at radius 3 is 2.48 bits per heavy atom. The summed E-state index contributed by atoms with van der Waals surface area (Å²) in [5, 5.41) is 0. The van der Waals surface area contributed by atoms with Gasteiger partial charge in [0.05, 0.1) is 23.5 Å². The van der Waals surface area contributed by atoms with E-state index in [0.29, 0.717) is 6.61 Å². The highest BCUT2D eigenvalue weighted by Gasteiger charge is 2.65. The van der Waals surface area contributed by atoms with Crippen molar-refractivity contribution in [1.82, 2.24) is 0 Å². The monoisotopic (exact) mass is 432 g/mol. The molecule has 4 rings (SSSR count). The van der Waals surface area contributed by atoms with E-state index < -0.39 is 17.1 Å². The van der Waals surface area contributed by atoms with Crippen molar-refractivity contribution < 1.29 is 28.5 Å². The summed E-state index contributed by atoms with van der Waals surface area (Å²) in [5.74, 6) is -0.362. The van der Waals surface area contributed by atoms with Crippen molar-refractivity contribution in [2.75, 3.05) is 13.7 Å². The molecule has 1 saturated carbocycles. The quantitative estimate of drug-likeness (QED) is 0.494. The maximum atomic E-state index is 12.3. The SMILES string of the molecule is COC(C)(C)[C@@H]1C=C2C3(C)C=C4C[C@H](C)[C@H](OC(C)=O)C4[C@@H](OC(C)=O)C2(CC1)CO3. The third-order valence-corrected chi connectivity index (χ3v) is 8.22. The molecule has 0 N–H and O–H groups in total. The number of fused-ring (bicyclic) bond motifs is 1. The average molecular weight is 433 g/mol. The van der Waals surface area contributed by atoms with Crippen LogP contribution in [0.5, 0.6) is 0 Å². The molecule has 0 aromatic heterocycles. The molecule has 172 valence electrons. The normalized spacial score (nSPS) is 41.5. The van der Waals surface area contributed by atoms with Gasteiger partial charge in [0, 0.05) is 26.9 Å². The van der Waals surface area contributed by atoms with Crippen LogP contribution < -0.4 is 0 Å². The maximum Gasteiger partial charge on any atom is 0.302 e. The Morgan fingerprint density at radius 1 is 1.19 bits per heavy atom. The van der Waals surface area contributed by atoms with Gasteiger partial charge in [0.2, 0.25) is 0 Å². The van der Waals surface area contributed by atoms with Gasteiger partial charge in [-0.2, -0.15) is 0 Å². The summed E-state index contributed by atoms with van der Waals surface area (Å²) in [4.78, 5) is 24.2. The summed E-state index contributed by atoms with van der Waals surface area (Å²) in [7, 11) is 1.75. The molecule has 2 bridgehead atoms. The Bertz CT molecular complexity index is 841. The van der Waals surface area contributed by atoms with Crippen LogP contribution in [0, 0.1) is 23.2 Å². The fourth-order valence-corrected chi connectivity index (χ4v) is 6.52. The van der Waals surface area contributed by atoms with Crippen LogP contribution in [-0.4, -0.2) is 49.1 Å². The second kappa shape index (κ2) is 7.45. The van der Waals surface area contributed by atoms with Gasteiger partial charge < -0.3 is 18.9 Å². The molecule has 6 heteroatoms. The Labute approximate surface area is 185 Å². The van der Waals surface area contributed by atoms with Crippen LogP contribution >= 0.6 is 0 Å². The Kier molecular flexibility index (Phi) is 5.41. The topological polar surface area (TPSA) is 71.1 Å². The standard InChI is InChI=1S/C25H36O6/c1-14-10-17-12-24(6)19-11-18(23(4,5)28-7)8-9-25(19,13-29-24)22(31-16(3)27)20(17)21(14)30-15(2)26/h11-12,14,18,20-22H,8-10,13H2,1-7H3/t14-,18-,20?,21-,22+,24?,25?/m0/s1. The van der Waals surface area contributed by atoms with E-state index in [1.54, 1.807) is 7.11 Å². The zero-order chi connectivity index (χ0) is 22.8. The highest BCUT2D eigenvalue weighted by Crippen LogP contribution is 2.62. The lowest BCUT2D eigenvalue weighted by Gasteiger charge is -2.46. The molecule has 31 heavy (non-hydrogen) atoms. The van der Waals surface area contributed by atoms with Crippen LogP contribution in [0.1, 0.15) is 60.8 Å². The highest BCUT2D eigenvalue weighted by molar-refractivity contribution is 5.67. The number of hydrogen-bond donors (Lipinski definition) is 0. The first-order chi connectivity index (χ1) is 14.4. The first kappa shape index (κ1) is 22.5. The molecule has 0 aromatic rings. The molecule has 7 atom stereocenters. The van der Waals surface area contributed by atoms with Crippen LogP contribution in [0.3, 0.4) is 0 Å². The van der Waals surface area contributed by atoms with E-state index in [2.05, 4.69) is 39.8 Å². The Hall–Kier alpha value is -1.66. The molecule has 1 aliphatic heterocycles. The first-order valence-electron chi connectivity index (χ1n) is 11.4. The summed E-state index contributed by atoms with van der Waals surface area (Å²) in [5.41, 5.74) is 1.07. The van der Waals surface area contributed by atoms with E-state index in [9.17, 15) is 9.59 Å². The predicted molar refractivity (Wildman–Crippen MR) is 115 cm³/mol. The highest BCUT2D eigenvalue weighted by atomic mass is 16.6. The molecule has 6 nitrogen and oxygen atoms in total. The third kappa shape index (κ3) is 3.46. The summed E-state index contributed by atoms with van der Waals surface area (Å²) < 4.78 is 24.2. The van der Waals surface area contributed by atoms with Crippen LogP contribution in [0.4, 0.5) is 0 Å². The van der Waals surface area contributed by atoms with E-state index in [1.807, 2.05) is 0 Å². The number of rotatable bonds is 4. The number of carbonyl (C=O) groups is 2. The molecule has 4 aliphatic rings. The smallest absolute Gasteiger partial charge is 0.302 e. The zero-order valence-corrected chi connectivity index (χ0v) is 19.8. The van der Waals surface area contributed by atoms with Crippen molar-refractivity contribution in [3.05, 3.63) is 23.3 Å². The van der Waals surface area contributed by atoms with Gasteiger partial charge >= 0.3 is 11.9 Å². The molecular formula is C25H36O6. The van der Waals surface area contributed by atoms with E-state index in [0.717, 1.165) is 19.3 Å². The van der Waals surface area contributed by atoms with Gasteiger partial charge in [-0.15, -0.1) is 0 Å². The van der Waals surface area contributed by atoms with Gasteiger partial charge in [-0.3, -0.25) is 9.59 Å². The number of esters is 2. The van der Waals surface area contributed by atoms with Crippen molar-refractivity contribution in [2.45, 2.75) is 84.2 Å². The van der Waals surface area contributed by atoms with Crippen LogP contribution in [0.25, 0.3) is 0 Å². The molecule has 0 spiro atoms. The predicted octanol–water partition coefficient (Wildman–Crippen LogP) is 3.98. The lowest BCUT2D eigenvalue weighted by molar-refractivity contribution is -0.167. The molecule has 3 unspecified atom stereocenters. The molecule has 1 saturated heterocycles. The summed E-state index contributed by atoms with van der Waals surface area (Å²) >= 11 is 0. The number of ether oxygens (including phenoxy) is 4. The van der Waals surface area contributed by atoms with E-state index in [1.165, 1.54) is 25.0 Å². The van der Waals surface area contributed by atoms with Gasteiger partial charge in [-0.1, -0.05) is 18.6 Å². The van der Waals surface area contributed by atoms with Gasteiger partial charge in [0.1, 0.15) is 17.8 Å². The largest absolute Gasteiger partial charge is 0.461 e. The van der Waals surface area contributed by atoms with E-state index in [4.69, 9.17) is 18.9 Å². The average Bonchev–Trinajstić information content (AvgIpc) is 3.11. The van der Waals surface area contributed by atoms with Crippen LogP contribution in [0.15, 0.2) is 23.3 Å². The maximum absolute atomic E-state index is 12.3. The molecule has 3 aliphatic carbocycles. The van der Waals surface area contributed by atoms with E-state index >= 15 is 0 Å². The number of carbonyl (C=O) groups excluding carboxylic acids is 2. The Morgan fingerprint density at radius 2 is 1.87 bits per heavy atom. The number of hydrogen-bond acceptors (Lipinski definition) is 6. The molecule has 2 fully saturated rings. The number of methoxy groups -OCH3 is 1. The van der Waals surface area contributed by atoms with Crippen molar-refractivity contribution in [2.24, 2.45) is 23.2 Å². The lowest BCUT2D eigenvalue weighted by Crippen LogP contribution is -2.51. The minimum absolute atomic E-state index is 0.149. The minimum Gasteiger partial charge on any atom is -0.461 e. The van der Waals surface area contributed by atoms with Crippen molar-refractivity contribution in [3.8, 4) is 0 Å². The van der Waals surface area contributed by atoms with Gasteiger partial charge in [0.25, 0.3) is 0 Å². The summed E-state index contributed by atoms with van der Waals surface area (Å²) in [6.07, 6.45) is 6.36. The summed E-state index contributed by atoms with van der Waals surface area (Å²) in [6.45, 7) is 11.9. The van der Waals surface area contributed by atoms with Crippen molar-refractivity contribution in [3.63, 3.8) is 0 Å². The van der Waals surface area contributed by atoms with Gasteiger partial charge in [-0.25, -0.2) is 0 Å². The second-order valence-corrected chi connectivity index (χ2v) is 10.6. The van der Waals surface area contributed by atoms with Crippen molar-refractivity contribution >= 4 is 11.9 Å². The fraction of sp³-hybridized carbons (Fsp3) is 0.760. The third-order valence-electron chi connectivity index (χ3n) is 8.22. The Balaban J connectivity index is 1.87. The lowest BCUT2D eigenvalue weighted by atomic mass is 9.61. The molecule has 0 aromatic carbocycles. The molecule has 0 radical (unpaired) electrons. The second-order valence-electron chi connectivity index (χ2n) is 10.6.